The van der Waals surface area contributed by atoms with Crippen LogP contribution in [0.3, 0.4) is 0 Å². The standard InChI is InChI=1S/C44H76N2O34/c45-1-2-46-3-10-31-17(53)24(60)38(67-10)75-32-11(4-47)69-40(26(62)19(32)55)77-34-13(6-49)71-42(28(64)21(34)57)79-36-15(8-51)73-44(30(66)23(36)59)80-37-16(9-52)72-43(29(65)22(37)58)78-35-14(7-50)70-41(27(63)20(35)56)76-33-12(5-48)68-39(74-31)25(61)18(33)54/h10-44,46-66H,1-9,45H2/t10-,11-,12-,13-,14-,15-,16-,17-,18-,19-,20-,21-,22-,23-,24?,25-,26-,27-,28-,29-,30-,31-,32-,33-,34-,35-,36-,37-,38-,39-,40-,41-,42-,43-,44-/m1/s1. The molecule has 0 aromatic rings. The van der Waals surface area contributed by atoms with E-state index in [4.69, 9.17) is 72.0 Å². The molecule has 1 unspecified atom stereocenters. The van der Waals surface area contributed by atoms with Gasteiger partial charge in [0.2, 0.25) is 0 Å². The van der Waals surface area contributed by atoms with E-state index in [9.17, 15) is 102 Å². The van der Waals surface area contributed by atoms with Gasteiger partial charge in [-0.05, 0) is 0 Å². The zero-order valence-corrected chi connectivity index (χ0v) is 42.3. The summed E-state index contributed by atoms with van der Waals surface area (Å²) in [6, 6.07) is 0. The molecule has 0 aromatic carbocycles. The normalized spacial score (nSPS) is 53.7. The van der Waals surface area contributed by atoms with Crippen molar-refractivity contribution >= 4 is 0 Å². The molecule has 21 aliphatic rings. The largest absolute Gasteiger partial charge is 0.394 e. The molecule has 21 rings (SSSR count). The van der Waals surface area contributed by atoms with Crippen LogP contribution in [0.2, 0.25) is 0 Å². The summed E-state index contributed by atoms with van der Waals surface area (Å²) in [6.07, 6.45) is -69.1. The van der Waals surface area contributed by atoms with Crippen LogP contribution in [0.4, 0.5) is 0 Å². The first kappa shape index (κ1) is 64.6. The molecule has 36 nitrogen and oxygen atoms in total. The van der Waals surface area contributed by atoms with Gasteiger partial charge in [0.05, 0.1) is 39.6 Å². The zero-order chi connectivity index (χ0) is 58.2. The van der Waals surface area contributed by atoms with Gasteiger partial charge in [0.1, 0.15) is 171 Å². The van der Waals surface area contributed by atoms with Gasteiger partial charge in [0.15, 0.2) is 44.0 Å². The van der Waals surface area contributed by atoms with Crippen LogP contribution >= 0.6 is 0 Å². The summed E-state index contributed by atoms with van der Waals surface area (Å²) in [5.74, 6) is 0. The Balaban J connectivity index is 1.09. The maximum atomic E-state index is 11.6. The minimum atomic E-state index is -2.20. The number of rotatable bonds is 10. The van der Waals surface area contributed by atoms with E-state index < -0.39 is 255 Å². The van der Waals surface area contributed by atoms with Crippen LogP contribution in [0.25, 0.3) is 0 Å². The van der Waals surface area contributed by atoms with Crippen LogP contribution in [0.1, 0.15) is 0 Å². The van der Waals surface area contributed by atoms with Crippen molar-refractivity contribution in [3.05, 3.63) is 0 Å². The van der Waals surface area contributed by atoms with Gasteiger partial charge in [-0.25, -0.2) is 0 Å². The number of nitrogens with two attached hydrogens (primary N) is 1. The van der Waals surface area contributed by atoms with Crippen LogP contribution in [-0.2, 0) is 66.3 Å². The Hall–Kier alpha value is -1.44. The molecule has 0 saturated carbocycles. The van der Waals surface area contributed by atoms with Crippen molar-refractivity contribution in [2.24, 2.45) is 5.73 Å². The molecule has 35 atom stereocenters. The molecule has 21 heterocycles. The van der Waals surface area contributed by atoms with Crippen molar-refractivity contribution in [2.75, 3.05) is 59.3 Å². The summed E-state index contributed by atoms with van der Waals surface area (Å²) in [5.41, 5.74) is 5.66. The Bertz CT molecular complexity index is 1880. The molecule has 80 heavy (non-hydrogen) atoms. The van der Waals surface area contributed by atoms with E-state index >= 15 is 0 Å². The number of hydrogen-bond acceptors (Lipinski definition) is 36. The molecule has 21 saturated heterocycles. The van der Waals surface area contributed by atoms with Gasteiger partial charge >= 0.3 is 0 Å². The van der Waals surface area contributed by atoms with Gasteiger partial charge in [-0.3, -0.25) is 0 Å². The number of aliphatic hydroxyl groups excluding tert-OH is 20. The van der Waals surface area contributed by atoms with E-state index in [2.05, 4.69) is 5.32 Å². The van der Waals surface area contributed by atoms with Crippen LogP contribution in [0.15, 0.2) is 0 Å². The van der Waals surface area contributed by atoms with Crippen molar-refractivity contribution in [1.29, 1.82) is 0 Å². The van der Waals surface area contributed by atoms with Gasteiger partial charge in [0, 0.05) is 19.6 Å². The van der Waals surface area contributed by atoms with E-state index in [0.29, 0.717) is 0 Å². The van der Waals surface area contributed by atoms with E-state index in [1.54, 1.807) is 0 Å². The summed E-state index contributed by atoms with van der Waals surface area (Å²) in [7, 11) is 0. The van der Waals surface area contributed by atoms with Crippen LogP contribution in [0, 0.1) is 0 Å². The number of ether oxygens (including phenoxy) is 14. The lowest BCUT2D eigenvalue weighted by Gasteiger charge is -2.50. The second-order valence-corrected chi connectivity index (χ2v) is 20.5. The highest BCUT2D eigenvalue weighted by Gasteiger charge is 2.59. The van der Waals surface area contributed by atoms with Crippen molar-refractivity contribution in [1.82, 2.24) is 5.32 Å². The second kappa shape index (κ2) is 27.9. The molecular formula is C44H76N2O34. The summed E-state index contributed by atoms with van der Waals surface area (Å²) < 4.78 is 80.7. The van der Waals surface area contributed by atoms with E-state index in [0.717, 1.165) is 0 Å². The van der Waals surface area contributed by atoms with Crippen LogP contribution in [-0.4, -0.2) is 376 Å². The van der Waals surface area contributed by atoms with Gasteiger partial charge in [-0.2, -0.15) is 0 Å². The Morgan fingerprint density at radius 2 is 0.400 bits per heavy atom. The Morgan fingerprint density at radius 1 is 0.237 bits per heavy atom. The first-order chi connectivity index (χ1) is 38.2. The third-order valence-electron chi connectivity index (χ3n) is 15.3. The topological polar surface area (TPSA) is 572 Å². The average molecular weight is 1180 g/mol. The summed E-state index contributed by atoms with van der Waals surface area (Å²) >= 11 is 0. The maximum absolute atomic E-state index is 11.6. The Kier molecular flexibility index (Phi) is 22.5. The van der Waals surface area contributed by atoms with E-state index in [-0.39, 0.29) is 19.6 Å². The summed E-state index contributed by atoms with van der Waals surface area (Å²) in [4.78, 5) is 0. The first-order valence-corrected chi connectivity index (χ1v) is 25.9. The fraction of sp³-hybridized carbons (Fsp3) is 1.00. The maximum Gasteiger partial charge on any atom is 0.187 e. The molecule has 23 N–H and O–H groups in total. The highest BCUT2D eigenvalue weighted by Crippen LogP contribution is 2.39. The van der Waals surface area contributed by atoms with Crippen molar-refractivity contribution < 1.29 is 168 Å². The lowest BCUT2D eigenvalue weighted by molar-refractivity contribution is -0.396. The van der Waals surface area contributed by atoms with Crippen molar-refractivity contribution in [3.63, 3.8) is 0 Å². The highest BCUT2D eigenvalue weighted by molar-refractivity contribution is 5.02. The fourth-order valence-electron chi connectivity index (χ4n) is 10.8. The van der Waals surface area contributed by atoms with Gasteiger partial charge in [-0.15, -0.1) is 0 Å². The Labute approximate surface area is 453 Å². The molecule has 0 aromatic heterocycles. The van der Waals surface area contributed by atoms with Crippen LogP contribution in [0.5, 0.6) is 0 Å². The molecule has 0 spiro atoms. The molecule has 0 amide bonds. The lowest BCUT2D eigenvalue weighted by Crippen LogP contribution is -2.68. The number of hydrogen-bond donors (Lipinski definition) is 22. The van der Waals surface area contributed by atoms with Crippen LogP contribution < -0.4 is 11.1 Å². The zero-order valence-electron chi connectivity index (χ0n) is 42.3. The van der Waals surface area contributed by atoms with Gasteiger partial charge in [-0.1, -0.05) is 0 Å². The molecule has 14 bridgehead atoms. The lowest BCUT2D eigenvalue weighted by atomic mass is 9.95. The Morgan fingerprint density at radius 3 is 0.562 bits per heavy atom. The van der Waals surface area contributed by atoms with Gasteiger partial charge < -0.3 is 179 Å². The third kappa shape index (κ3) is 13.0. The quantitative estimate of drug-likeness (QED) is 0.0903. The SMILES string of the molecule is NCCNC[C@H]1O[C@@H]2O[C@H]3[C@H](O)[C@@H](O)[C@@H](O[C@H]4[C@H](O)[C@@H](O)[C@@H](O[C@H]5[C@H](O)[C@@H](O)[C@@H](O[C@H]6[C@H](O)[C@@H](O)[C@@H](O[C@H]7[C@H](O)[C@@H](O)[C@@H](O[C@H]8[C@H](O)[C@@H](O)[C@@H](O[C@H]1[C@H](O)C2O)O[C@@H]8CO)O[C@@H]7CO)O[C@@H]6CO)O[C@@H]5CO)O[C@@H]4CO)O[C@@H]3CO. The molecule has 466 valence electrons. The molecule has 0 aliphatic carbocycles. The predicted molar refractivity (Wildman–Crippen MR) is 243 cm³/mol. The van der Waals surface area contributed by atoms with E-state index in [1.165, 1.54) is 0 Å². The molecule has 21 aliphatic heterocycles. The second-order valence-electron chi connectivity index (χ2n) is 20.5. The summed E-state index contributed by atoms with van der Waals surface area (Å²) in [6.45, 7) is -6.27. The molecule has 36 heteroatoms. The fourth-order valence-corrected chi connectivity index (χ4v) is 10.8. The molecule has 0 radical (unpaired) electrons. The number of aliphatic hydroxyl groups is 20. The average Bonchev–Trinajstić information content (AvgIpc) is 3.50. The monoisotopic (exact) mass is 1180 g/mol. The molecule has 21 fully saturated rings. The predicted octanol–water partition coefficient (Wildman–Crippen LogP) is -15.7. The summed E-state index contributed by atoms with van der Waals surface area (Å²) in [5, 5.41) is 225. The smallest absolute Gasteiger partial charge is 0.187 e. The highest BCUT2D eigenvalue weighted by atomic mass is 16.8. The van der Waals surface area contributed by atoms with E-state index in [1.807, 2.05) is 0 Å². The van der Waals surface area contributed by atoms with Crippen molar-refractivity contribution in [2.45, 2.75) is 215 Å². The minimum absolute atomic E-state index is 0.0733. The molecular weight excluding hydrogens is 1100 g/mol. The minimum Gasteiger partial charge on any atom is -0.394 e. The van der Waals surface area contributed by atoms with Crippen molar-refractivity contribution in [3.8, 4) is 0 Å². The first-order valence-electron chi connectivity index (χ1n) is 25.9. The third-order valence-corrected chi connectivity index (χ3v) is 15.3. The number of nitrogens with one attached hydrogen (secondary N) is 1. The van der Waals surface area contributed by atoms with Gasteiger partial charge in [0.25, 0.3) is 0 Å².